The first-order valence-electron chi connectivity index (χ1n) is 10.1. The molecule has 0 fully saturated rings. The van der Waals surface area contributed by atoms with Gasteiger partial charge in [-0.15, -0.1) is 0 Å². The number of aromatic nitrogens is 1. The van der Waals surface area contributed by atoms with Gasteiger partial charge in [0.05, 0.1) is 0 Å². The van der Waals surface area contributed by atoms with Crippen molar-refractivity contribution in [1.29, 1.82) is 0 Å². The van der Waals surface area contributed by atoms with E-state index in [1.165, 1.54) is 33.0 Å². The zero-order chi connectivity index (χ0) is 19.7. The molecule has 2 aromatic heterocycles. The van der Waals surface area contributed by atoms with Crippen LogP contribution in [0, 0.1) is 0 Å². The maximum absolute atomic E-state index is 6.03. The van der Waals surface area contributed by atoms with Crippen molar-refractivity contribution in [2.75, 3.05) is 5.32 Å². The molecule has 0 spiro atoms. The van der Waals surface area contributed by atoms with Gasteiger partial charge in [-0.25, -0.2) is 0 Å². The number of furan rings is 1. The van der Waals surface area contributed by atoms with Crippen LogP contribution < -0.4 is 5.32 Å². The lowest BCUT2D eigenvalue weighted by atomic mass is 10.0. The molecule has 0 aliphatic heterocycles. The number of pyridine rings is 1. The van der Waals surface area contributed by atoms with E-state index >= 15 is 0 Å². The monoisotopic (exact) mass is 384 g/mol. The molecule has 140 valence electrons. The molecule has 2 heterocycles. The van der Waals surface area contributed by atoms with Crippen LogP contribution in [0.15, 0.2) is 95.7 Å². The molecule has 1 N–H and O–H groups in total. The van der Waals surface area contributed by atoms with Crippen molar-refractivity contribution in [3.8, 4) is 22.3 Å². The Balaban J connectivity index is 1.38. The topological polar surface area (TPSA) is 38.1 Å². The summed E-state index contributed by atoms with van der Waals surface area (Å²) in [6.45, 7) is 0. The molecule has 0 radical (unpaired) electrons. The second-order valence-electron chi connectivity index (χ2n) is 7.74. The van der Waals surface area contributed by atoms with Crippen LogP contribution in [-0.4, -0.2) is 4.98 Å². The summed E-state index contributed by atoms with van der Waals surface area (Å²) in [6.07, 6.45) is 3.61. The molecule has 0 atom stereocenters. The van der Waals surface area contributed by atoms with Crippen molar-refractivity contribution in [2.45, 2.75) is 0 Å². The van der Waals surface area contributed by atoms with Crippen LogP contribution >= 0.6 is 0 Å². The zero-order valence-corrected chi connectivity index (χ0v) is 16.0. The average molecular weight is 384 g/mol. The maximum Gasteiger partial charge on any atom is 0.138 e. The first kappa shape index (κ1) is 15.8. The molecule has 1 aliphatic carbocycles. The minimum atomic E-state index is 0.861. The molecule has 1 aliphatic rings. The number of nitrogens with one attached hydrogen (secondary N) is 1. The van der Waals surface area contributed by atoms with E-state index in [1.807, 2.05) is 12.3 Å². The highest BCUT2D eigenvalue weighted by Gasteiger charge is 2.21. The fourth-order valence-electron chi connectivity index (χ4n) is 4.77. The summed E-state index contributed by atoms with van der Waals surface area (Å²) in [5, 5.41) is 8.29. The number of fused-ring (bicyclic) bond motifs is 6. The Kier molecular flexibility index (Phi) is 3.00. The van der Waals surface area contributed by atoms with Crippen molar-refractivity contribution < 1.29 is 4.42 Å². The van der Waals surface area contributed by atoms with Gasteiger partial charge in [0, 0.05) is 46.0 Å². The van der Waals surface area contributed by atoms with Gasteiger partial charge in [0.25, 0.3) is 0 Å². The molecule has 3 nitrogen and oxygen atoms in total. The number of nitrogens with zero attached hydrogens (tertiary/aromatic N) is 1. The maximum atomic E-state index is 6.03. The molecular formula is C27H16N2O. The molecule has 0 bridgehead atoms. The van der Waals surface area contributed by atoms with Gasteiger partial charge in [0.2, 0.25) is 0 Å². The quantitative estimate of drug-likeness (QED) is 0.335. The summed E-state index contributed by atoms with van der Waals surface area (Å²) in [5.74, 6) is 0. The largest absolute Gasteiger partial charge is 0.456 e. The minimum absolute atomic E-state index is 0.861. The summed E-state index contributed by atoms with van der Waals surface area (Å²) in [4.78, 5) is 4.22. The lowest BCUT2D eigenvalue weighted by Gasteiger charge is -2.12. The first-order chi connectivity index (χ1) is 14.9. The van der Waals surface area contributed by atoms with E-state index < -0.39 is 0 Å². The summed E-state index contributed by atoms with van der Waals surface area (Å²) in [5.41, 5.74) is 9.07. The number of benzene rings is 4. The van der Waals surface area contributed by atoms with Crippen LogP contribution in [0.1, 0.15) is 0 Å². The van der Waals surface area contributed by atoms with E-state index in [2.05, 4.69) is 83.1 Å². The summed E-state index contributed by atoms with van der Waals surface area (Å²) >= 11 is 0. The summed E-state index contributed by atoms with van der Waals surface area (Å²) in [6, 6.07) is 27.8. The molecule has 0 amide bonds. The number of rotatable bonds is 2. The highest BCUT2D eigenvalue weighted by Crippen LogP contribution is 2.48. The van der Waals surface area contributed by atoms with Gasteiger partial charge >= 0.3 is 0 Å². The van der Waals surface area contributed by atoms with Gasteiger partial charge in [0.1, 0.15) is 11.2 Å². The Labute approximate surface area is 172 Å². The van der Waals surface area contributed by atoms with Gasteiger partial charge in [-0.3, -0.25) is 4.98 Å². The van der Waals surface area contributed by atoms with Crippen LogP contribution in [0.25, 0.3) is 55.0 Å². The molecule has 0 saturated carbocycles. The Bertz CT molecular complexity index is 1600. The van der Waals surface area contributed by atoms with Crippen LogP contribution in [0.4, 0.5) is 11.4 Å². The lowest BCUT2D eigenvalue weighted by Crippen LogP contribution is -1.92. The predicted octanol–water partition coefficient (Wildman–Crippen LogP) is 7.53. The smallest absolute Gasteiger partial charge is 0.138 e. The Hall–Kier alpha value is -4.11. The van der Waals surface area contributed by atoms with Crippen molar-refractivity contribution >= 4 is 44.1 Å². The van der Waals surface area contributed by atoms with Gasteiger partial charge < -0.3 is 9.73 Å². The van der Waals surface area contributed by atoms with Crippen LogP contribution in [0.3, 0.4) is 0 Å². The standard InChI is InChI=1S/C27H16N2O/c1-2-5-18-17(4-1)20-6-3-7-22-24(11-10-21(18)27(20)22)29-16-8-9-19-23-15-28-13-12-25(23)30-26(19)14-16/h1-15,29H. The third-order valence-corrected chi connectivity index (χ3v) is 6.10. The van der Waals surface area contributed by atoms with E-state index in [-0.39, 0.29) is 0 Å². The first-order valence-corrected chi connectivity index (χ1v) is 10.1. The van der Waals surface area contributed by atoms with Crippen molar-refractivity contribution in [2.24, 2.45) is 0 Å². The van der Waals surface area contributed by atoms with E-state index in [9.17, 15) is 0 Å². The van der Waals surface area contributed by atoms with Gasteiger partial charge in [0.15, 0.2) is 0 Å². The van der Waals surface area contributed by atoms with E-state index in [0.29, 0.717) is 0 Å². The van der Waals surface area contributed by atoms with Crippen molar-refractivity contribution in [3.05, 3.63) is 91.3 Å². The number of hydrogen-bond acceptors (Lipinski definition) is 3. The normalized spacial score (nSPS) is 12.0. The molecule has 30 heavy (non-hydrogen) atoms. The molecule has 3 heteroatoms. The summed E-state index contributed by atoms with van der Waals surface area (Å²) in [7, 11) is 0. The van der Waals surface area contributed by atoms with Crippen LogP contribution in [-0.2, 0) is 0 Å². The van der Waals surface area contributed by atoms with Crippen LogP contribution in [0.5, 0.6) is 0 Å². The molecule has 0 saturated heterocycles. The Morgan fingerprint density at radius 2 is 1.47 bits per heavy atom. The van der Waals surface area contributed by atoms with Gasteiger partial charge in [-0.2, -0.15) is 0 Å². The highest BCUT2D eigenvalue weighted by molar-refractivity contribution is 6.18. The molecule has 7 rings (SSSR count). The highest BCUT2D eigenvalue weighted by atomic mass is 16.3. The molecular weight excluding hydrogens is 368 g/mol. The van der Waals surface area contributed by atoms with Crippen molar-refractivity contribution in [1.82, 2.24) is 4.98 Å². The molecule has 0 unspecified atom stereocenters. The van der Waals surface area contributed by atoms with Crippen molar-refractivity contribution in [3.63, 3.8) is 0 Å². The number of anilines is 2. The fourth-order valence-corrected chi connectivity index (χ4v) is 4.77. The Morgan fingerprint density at radius 3 is 2.37 bits per heavy atom. The minimum Gasteiger partial charge on any atom is -0.456 e. The summed E-state index contributed by atoms with van der Waals surface area (Å²) < 4.78 is 6.03. The van der Waals surface area contributed by atoms with Gasteiger partial charge in [-0.05, 0) is 51.9 Å². The second-order valence-corrected chi connectivity index (χ2v) is 7.74. The lowest BCUT2D eigenvalue weighted by molar-refractivity contribution is 0.668. The fraction of sp³-hybridized carbons (Fsp3) is 0. The molecule has 4 aromatic carbocycles. The van der Waals surface area contributed by atoms with E-state index in [1.54, 1.807) is 6.20 Å². The SMILES string of the molecule is c1ccc2c(c1)-c1cccc3c(Nc4ccc5c(c4)oc4ccncc45)ccc-2c13. The Morgan fingerprint density at radius 1 is 0.633 bits per heavy atom. The van der Waals surface area contributed by atoms with Crippen LogP contribution in [0.2, 0.25) is 0 Å². The molecule has 6 aromatic rings. The third kappa shape index (κ3) is 2.06. The average Bonchev–Trinajstić information content (AvgIpc) is 3.32. The number of hydrogen-bond donors (Lipinski definition) is 1. The van der Waals surface area contributed by atoms with E-state index in [0.717, 1.165) is 33.3 Å². The second kappa shape index (κ2) is 5.71. The predicted molar refractivity (Wildman–Crippen MR) is 123 cm³/mol. The van der Waals surface area contributed by atoms with E-state index in [4.69, 9.17) is 4.42 Å². The third-order valence-electron chi connectivity index (χ3n) is 6.10. The van der Waals surface area contributed by atoms with Gasteiger partial charge in [-0.1, -0.05) is 48.5 Å². The zero-order valence-electron chi connectivity index (χ0n) is 16.0.